The number of carbonyl (C=O) groups is 1. The van der Waals surface area contributed by atoms with E-state index in [-0.39, 0.29) is 6.03 Å². The van der Waals surface area contributed by atoms with E-state index in [1.165, 1.54) is 19.3 Å². The van der Waals surface area contributed by atoms with Crippen LogP contribution in [-0.4, -0.2) is 44.3 Å². The number of methoxy groups -OCH3 is 1. The zero-order valence-electron chi connectivity index (χ0n) is 9.79. The van der Waals surface area contributed by atoms with Crippen molar-refractivity contribution in [2.24, 2.45) is 0 Å². The lowest BCUT2D eigenvalue weighted by Gasteiger charge is -2.31. The molecule has 0 aliphatic heterocycles. The van der Waals surface area contributed by atoms with E-state index >= 15 is 0 Å². The van der Waals surface area contributed by atoms with E-state index in [1.807, 2.05) is 11.9 Å². The average Bonchev–Trinajstić information content (AvgIpc) is 2.29. The highest BCUT2D eigenvalue weighted by atomic mass is 16.5. The molecule has 2 amide bonds. The van der Waals surface area contributed by atoms with Gasteiger partial charge in [0, 0.05) is 26.7 Å². The van der Waals surface area contributed by atoms with Gasteiger partial charge >= 0.3 is 6.03 Å². The minimum atomic E-state index is 0.0268. The average molecular weight is 214 g/mol. The monoisotopic (exact) mass is 214 g/mol. The van der Waals surface area contributed by atoms with Crippen LogP contribution >= 0.6 is 0 Å². The minimum Gasteiger partial charge on any atom is -0.383 e. The lowest BCUT2D eigenvalue weighted by molar-refractivity contribution is 0.164. The van der Waals surface area contributed by atoms with Crippen LogP contribution in [0.2, 0.25) is 0 Å². The van der Waals surface area contributed by atoms with E-state index in [2.05, 4.69) is 5.32 Å². The van der Waals surface area contributed by atoms with Crippen molar-refractivity contribution < 1.29 is 9.53 Å². The Hall–Kier alpha value is -0.770. The third-order valence-corrected chi connectivity index (χ3v) is 3.03. The lowest BCUT2D eigenvalue weighted by atomic mass is 9.95. The summed E-state index contributed by atoms with van der Waals surface area (Å²) in [6.07, 6.45) is 6.11. The highest BCUT2D eigenvalue weighted by Gasteiger charge is 2.21. The molecule has 0 saturated heterocycles. The van der Waals surface area contributed by atoms with Crippen molar-refractivity contribution >= 4 is 6.03 Å². The first-order valence-electron chi connectivity index (χ1n) is 5.75. The molecule has 0 aromatic rings. The zero-order chi connectivity index (χ0) is 11.1. The highest BCUT2D eigenvalue weighted by Crippen LogP contribution is 2.21. The Bertz CT molecular complexity index is 191. The second-order valence-corrected chi connectivity index (χ2v) is 4.13. The first kappa shape index (κ1) is 12.3. The van der Waals surface area contributed by atoms with E-state index in [4.69, 9.17) is 4.74 Å². The molecule has 1 fully saturated rings. The summed E-state index contributed by atoms with van der Waals surface area (Å²) in [7, 11) is 3.52. The van der Waals surface area contributed by atoms with Crippen LogP contribution in [-0.2, 0) is 4.74 Å². The smallest absolute Gasteiger partial charge is 0.317 e. The maximum atomic E-state index is 11.7. The standard InChI is InChI=1S/C11H22N2O2/c1-13(10-6-4-3-5-7-10)11(14)12-8-9-15-2/h10H,3-9H2,1-2H3,(H,12,14). The van der Waals surface area contributed by atoms with Crippen LogP contribution in [0.1, 0.15) is 32.1 Å². The molecule has 15 heavy (non-hydrogen) atoms. The number of rotatable bonds is 4. The summed E-state index contributed by atoms with van der Waals surface area (Å²) in [6.45, 7) is 1.16. The van der Waals surface area contributed by atoms with Gasteiger partial charge < -0.3 is 15.0 Å². The fourth-order valence-electron chi connectivity index (χ4n) is 2.02. The molecule has 1 rings (SSSR count). The number of carbonyl (C=O) groups excluding carboxylic acids is 1. The maximum Gasteiger partial charge on any atom is 0.317 e. The second-order valence-electron chi connectivity index (χ2n) is 4.13. The van der Waals surface area contributed by atoms with Crippen molar-refractivity contribution in [3.05, 3.63) is 0 Å². The largest absolute Gasteiger partial charge is 0.383 e. The van der Waals surface area contributed by atoms with Gasteiger partial charge in [0.05, 0.1) is 6.61 Å². The summed E-state index contributed by atoms with van der Waals surface area (Å²) >= 11 is 0. The van der Waals surface area contributed by atoms with E-state index in [0.29, 0.717) is 19.2 Å². The fraction of sp³-hybridized carbons (Fsp3) is 0.909. The van der Waals surface area contributed by atoms with E-state index in [1.54, 1.807) is 7.11 Å². The molecule has 0 heterocycles. The Morgan fingerprint density at radius 2 is 2.07 bits per heavy atom. The number of nitrogens with one attached hydrogen (secondary N) is 1. The van der Waals surface area contributed by atoms with Gasteiger partial charge in [-0.1, -0.05) is 19.3 Å². The highest BCUT2D eigenvalue weighted by molar-refractivity contribution is 5.74. The zero-order valence-corrected chi connectivity index (χ0v) is 9.79. The summed E-state index contributed by atoms with van der Waals surface area (Å²) in [6, 6.07) is 0.459. The van der Waals surface area contributed by atoms with Crippen molar-refractivity contribution in [1.82, 2.24) is 10.2 Å². The molecule has 1 saturated carbocycles. The van der Waals surface area contributed by atoms with Crippen LogP contribution in [0.5, 0.6) is 0 Å². The lowest BCUT2D eigenvalue weighted by Crippen LogP contribution is -2.45. The van der Waals surface area contributed by atoms with Crippen molar-refractivity contribution in [1.29, 1.82) is 0 Å². The van der Waals surface area contributed by atoms with E-state index in [9.17, 15) is 4.79 Å². The van der Waals surface area contributed by atoms with Gasteiger partial charge in [-0.15, -0.1) is 0 Å². The molecule has 0 spiro atoms. The molecular formula is C11H22N2O2. The van der Waals surface area contributed by atoms with Crippen LogP contribution in [0.15, 0.2) is 0 Å². The van der Waals surface area contributed by atoms with Crippen LogP contribution in [0.25, 0.3) is 0 Å². The van der Waals surface area contributed by atoms with Crippen molar-refractivity contribution in [3.8, 4) is 0 Å². The van der Waals surface area contributed by atoms with Gasteiger partial charge in [-0.3, -0.25) is 0 Å². The number of ether oxygens (including phenoxy) is 1. The van der Waals surface area contributed by atoms with Gasteiger partial charge in [-0.25, -0.2) is 4.79 Å². The molecule has 1 N–H and O–H groups in total. The molecule has 0 atom stereocenters. The van der Waals surface area contributed by atoms with Crippen LogP contribution in [0, 0.1) is 0 Å². The second kappa shape index (κ2) is 6.67. The predicted octanol–water partition coefficient (Wildman–Crippen LogP) is 1.61. The van der Waals surface area contributed by atoms with Crippen molar-refractivity contribution in [2.75, 3.05) is 27.3 Å². The fourth-order valence-corrected chi connectivity index (χ4v) is 2.02. The predicted molar refractivity (Wildman–Crippen MR) is 59.9 cm³/mol. The molecule has 0 aromatic heterocycles. The maximum absolute atomic E-state index is 11.7. The Morgan fingerprint density at radius 1 is 1.40 bits per heavy atom. The number of hydrogen-bond acceptors (Lipinski definition) is 2. The molecule has 0 aromatic carbocycles. The number of amides is 2. The molecule has 1 aliphatic carbocycles. The normalized spacial score (nSPS) is 17.5. The topological polar surface area (TPSA) is 41.6 Å². The van der Waals surface area contributed by atoms with Gasteiger partial charge in [0.15, 0.2) is 0 Å². The van der Waals surface area contributed by atoms with Crippen LogP contribution in [0.3, 0.4) is 0 Å². The van der Waals surface area contributed by atoms with Gasteiger partial charge in [0.2, 0.25) is 0 Å². The van der Waals surface area contributed by atoms with Gasteiger partial charge in [-0.05, 0) is 12.8 Å². The Balaban J connectivity index is 2.24. The number of hydrogen-bond donors (Lipinski definition) is 1. The van der Waals surface area contributed by atoms with Gasteiger partial charge in [0.25, 0.3) is 0 Å². The Morgan fingerprint density at radius 3 is 2.67 bits per heavy atom. The quantitative estimate of drug-likeness (QED) is 0.722. The van der Waals surface area contributed by atoms with Crippen molar-refractivity contribution in [2.45, 2.75) is 38.1 Å². The molecule has 0 unspecified atom stereocenters. The van der Waals surface area contributed by atoms with Gasteiger partial charge in [-0.2, -0.15) is 0 Å². The third-order valence-electron chi connectivity index (χ3n) is 3.03. The number of urea groups is 1. The molecular weight excluding hydrogens is 192 g/mol. The molecule has 0 bridgehead atoms. The van der Waals surface area contributed by atoms with Gasteiger partial charge in [0.1, 0.15) is 0 Å². The molecule has 0 radical (unpaired) electrons. The van der Waals surface area contributed by atoms with Crippen LogP contribution < -0.4 is 5.32 Å². The van der Waals surface area contributed by atoms with E-state index < -0.39 is 0 Å². The Labute approximate surface area is 92.0 Å². The first-order valence-corrected chi connectivity index (χ1v) is 5.75. The molecule has 4 heteroatoms. The summed E-state index contributed by atoms with van der Waals surface area (Å²) in [5, 5.41) is 2.84. The molecule has 88 valence electrons. The summed E-state index contributed by atoms with van der Waals surface area (Å²) in [5.41, 5.74) is 0. The molecule has 4 nitrogen and oxygen atoms in total. The summed E-state index contributed by atoms with van der Waals surface area (Å²) in [4.78, 5) is 13.5. The first-order chi connectivity index (χ1) is 7.25. The SMILES string of the molecule is COCCNC(=O)N(C)C1CCCCC1. The minimum absolute atomic E-state index is 0.0268. The Kier molecular flexibility index (Phi) is 5.47. The number of nitrogens with zero attached hydrogens (tertiary/aromatic N) is 1. The van der Waals surface area contributed by atoms with Crippen LogP contribution in [0.4, 0.5) is 4.79 Å². The van der Waals surface area contributed by atoms with Crippen molar-refractivity contribution in [3.63, 3.8) is 0 Å². The molecule has 1 aliphatic rings. The van der Waals surface area contributed by atoms with E-state index in [0.717, 1.165) is 12.8 Å². The third kappa shape index (κ3) is 4.08. The summed E-state index contributed by atoms with van der Waals surface area (Å²) < 4.78 is 4.88. The summed E-state index contributed by atoms with van der Waals surface area (Å²) in [5.74, 6) is 0.